The van der Waals surface area contributed by atoms with Gasteiger partial charge in [0, 0.05) is 12.1 Å². The molecule has 2 aromatic heterocycles. The molecule has 114 valence electrons. The third kappa shape index (κ3) is 2.18. The highest BCUT2D eigenvalue weighted by molar-refractivity contribution is 6.31. The summed E-state index contributed by atoms with van der Waals surface area (Å²) in [6.45, 7) is 0.289. The van der Waals surface area contributed by atoms with E-state index < -0.39 is 11.2 Å². The lowest BCUT2D eigenvalue weighted by Crippen LogP contribution is -2.29. The summed E-state index contributed by atoms with van der Waals surface area (Å²) in [6.07, 6.45) is 0. The minimum Gasteiger partial charge on any atom is -0.299 e. The molecule has 0 aliphatic rings. The summed E-state index contributed by atoms with van der Waals surface area (Å²) in [4.78, 5) is 30.3. The van der Waals surface area contributed by atoms with Gasteiger partial charge in [0.1, 0.15) is 0 Å². The van der Waals surface area contributed by atoms with E-state index in [4.69, 9.17) is 17.4 Å². The predicted octanol–water partition coefficient (Wildman–Crippen LogP) is 0.411. The van der Waals surface area contributed by atoms with Crippen molar-refractivity contribution in [2.45, 2.75) is 6.54 Å². The van der Waals surface area contributed by atoms with Gasteiger partial charge in [-0.25, -0.2) is 10.6 Å². The minimum atomic E-state index is -0.538. The molecule has 0 amide bonds. The van der Waals surface area contributed by atoms with Crippen molar-refractivity contribution in [1.82, 2.24) is 19.1 Å². The number of nitrogens with one attached hydrogen (secondary N) is 2. The summed E-state index contributed by atoms with van der Waals surface area (Å²) in [5.74, 6) is 5.74. The second-order valence-corrected chi connectivity index (χ2v) is 5.16. The molecule has 3 aromatic rings. The van der Waals surface area contributed by atoms with Crippen LogP contribution in [0.25, 0.3) is 11.2 Å². The van der Waals surface area contributed by atoms with Crippen molar-refractivity contribution in [1.29, 1.82) is 0 Å². The van der Waals surface area contributed by atoms with Crippen molar-refractivity contribution in [3.63, 3.8) is 0 Å². The van der Waals surface area contributed by atoms with Crippen LogP contribution in [-0.2, 0) is 13.6 Å². The first-order chi connectivity index (χ1) is 10.5. The summed E-state index contributed by atoms with van der Waals surface area (Å²) in [5.41, 5.74) is 2.66. The molecule has 9 heteroatoms. The number of hydrogen-bond donors (Lipinski definition) is 3. The van der Waals surface area contributed by atoms with Gasteiger partial charge in [-0.1, -0.05) is 29.8 Å². The number of H-pyrrole nitrogens is 1. The molecular formula is C13H13ClN6O2. The number of fused-ring (bicyclic) bond motifs is 1. The lowest BCUT2D eigenvalue weighted by Gasteiger charge is -2.09. The number of aromatic nitrogens is 4. The van der Waals surface area contributed by atoms with Gasteiger partial charge in [0.25, 0.3) is 5.56 Å². The molecule has 2 heterocycles. The largest absolute Gasteiger partial charge is 0.329 e. The second kappa shape index (κ2) is 5.32. The number of aromatic amines is 1. The van der Waals surface area contributed by atoms with Crippen molar-refractivity contribution in [3.8, 4) is 0 Å². The van der Waals surface area contributed by atoms with Crippen LogP contribution in [0.3, 0.4) is 0 Å². The fourth-order valence-electron chi connectivity index (χ4n) is 2.30. The normalized spacial score (nSPS) is 11.0. The summed E-state index contributed by atoms with van der Waals surface area (Å²) in [6, 6.07) is 7.25. The number of aryl methyl sites for hydroxylation is 1. The van der Waals surface area contributed by atoms with E-state index in [-0.39, 0.29) is 23.7 Å². The lowest BCUT2D eigenvalue weighted by atomic mass is 10.2. The van der Waals surface area contributed by atoms with Crippen LogP contribution in [-0.4, -0.2) is 19.1 Å². The van der Waals surface area contributed by atoms with E-state index >= 15 is 0 Å². The van der Waals surface area contributed by atoms with Crippen LogP contribution in [0, 0.1) is 0 Å². The van der Waals surface area contributed by atoms with Crippen molar-refractivity contribution in [3.05, 3.63) is 55.7 Å². The molecule has 0 fully saturated rings. The van der Waals surface area contributed by atoms with E-state index in [1.807, 2.05) is 18.2 Å². The molecule has 0 aliphatic carbocycles. The zero-order valence-corrected chi connectivity index (χ0v) is 12.4. The number of benzene rings is 1. The number of imidazole rings is 1. The smallest absolute Gasteiger partial charge is 0.299 e. The number of nitrogen functional groups attached to an aromatic ring is 1. The Morgan fingerprint density at radius 1 is 1.36 bits per heavy atom. The molecule has 0 bridgehead atoms. The zero-order valence-electron chi connectivity index (χ0n) is 11.6. The molecule has 0 unspecified atom stereocenters. The van der Waals surface area contributed by atoms with Crippen LogP contribution >= 0.6 is 11.6 Å². The van der Waals surface area contributed by atoms with Crippen molar-refractivity contribution in [2.24, 2.45) is 12.9 Å². The highest BCUT2D eigenvalue weighted by Gasteiger charge is 2.17. The molecule has 0 spiro atoms. The van der Waals surface area contributed by atoms with Gasteiger partial charge in [0.2, 0.25) is 5.95 Å². The van der Waals surface area contributed by atoms with Gasteiger partial charge in [0.15, 0.2) is 11.2 Å². The molecule has 0 aliphatic heterocycles. The van der Waals surface area contributed by atoms with E-state index in [0.29, 0.717) is 5.02 Å². The van der Waals surface area contributed by atoms with Crippen LogP contribution in [0.4, 0.5) is 5.95 Å². The van der Waals surface area contributed by atoms with Crippen LogP contribution in [0.15, 0.2) is 33.9 Å². The molecule has 8 nitrogen and oxygen atoms in total. The lowest BCUT2D eigenvalue weighted by molar-refractivity contribution is 0.808. The van der Waals surface area contributed by atoms with Crippen LogP contribution in [0.5, 0.6) is 0 Å². The molecule has 0 atom stereocenters. The van der Waals surface area contributed by atoms with Gasteiger partial charge in [-0.15, -0.1) is 0 Å². The van der Waals surface area contributed by atoms with Gasteiger partial charge in [0.05, 0.1) is 6.54 Å². The average Bonchev–Trinajstić information content (AvgIpc) is 2.86. The molecule has 1 aromatic carbocycles. The Hall–Kier alpha value is -2.58. The summed E-state index contributed by atoms with van der Waals surface area (Å²) in [5, 5.41) is 0.563. The maximum absolute atomic E-state index is 12.1. The summed E-state index contributed by atoms with van der Waals surface area (Å²) < 4.78 is 2.83. The Bertz CT molecular complexity index is 971. The molecule has 4 N–H and O–H groups in total. The Morgan fingerprint density at radius 3 is 2.77 bits per heavy atom. The maximum atomic E-state index is 12.1. The van der Waals surface area contributed by atoms with Crippen LogP contribution in [0.2, 0.25) is 5.02 Å². The third-order valence-corrected chi connectivity index (χ3v) is 3.79. The monoisotopic (exact) mass is 320 g/mol. The van der Waals surface area contributed by atoms with Crippen molar-refractivity contribution < 1.29 is 0 Å². The predicted molar refractivity (Wildman–Crippen MR) is 84.0 cm³/mol. The van der Waals surface area contributed by atoms with E-state index in [9.17, 15) is 9.59 Å². The second-order valence-electron chi connectivity index (χ2n) is 4.75. The van der Waals surface area contributed by atoms with Crippen molar-refractivity contribution in [2.75, 3.05) is 5.43 Å². The van der Waals surface area contributed by atoms with E-state index in [1.54, 1.807) is 10.6 Å². The molecule has 22 heavy (non-hydrogen) atoms. The van der Waals surface area contributed by atoms with Gasteiger partial charge >= 0.3 is 5.69 Å². The first kappa shape index (κ1) is 14.4. The SMILES string of the molecule is Cn1c(=O)[nH]c(=O)c2c1nc(NN)n2Cc1ccccc1Cl. The number of nitrogens with two attached hydrogens (primary N) is 1. The highest BCUT2D eigenvalue weighted by atomic mass is 35.5. The Kier molecular flexibility index (Phi) is 3.47. The average molecular weight is 321 g/mol. The molecular weight excluding hydrogens is 308 g/mol. The fourth-order valence-corrected chi connectivity index (χ4v) is 2.49. The molecule has 3 rings (SSSR count). The first-order valence-corrected chi connectivity index (χ1v) is 6.80. The Balaban J connectivity index is 2.29. The Morgan fingerprint density at radius 2 is 2.09 bits per heavy atom. The van der Waals surface area contributed by atoms with Gasteiger partial charge in [-0.3, -0.25) is 24.3 Å². The van der Waals surface area contributed by atoms with Gasteiger partial charge < -0.3 is 0 Å². The standard InChI is InChI=1S/C13H13ClN6O2/c1-19-10-9(11(21)17-13(19)22)20(12(16-10)18-15)6-7-4-2-3-5-8(7)14/h2-5H,6,15H2,1H3,(H,16,18)(H,17,21,22). The van der Waals surface area contributed by atoms with Crippen LogP contribution < -0.4 is 22.5 Å². The summed E-state index contributed by atoms with van der Waals surface area (Å²) >= 11 is 6.16. The van der Waals surface area contributed by atoms with Crippen LogP contribution in [0.1, 0.15) is 5.56 Å². The number of halogens is 1. The van der Waals surface area contributed by atoms with Crippen molar-refractivity contribution >= 4 is 28.7 Å². The minimum absolute atomic E-state index is 0.244. The number of hydrogen-bond acceptors (Lipinski definition) is 5. The quantitative estimate of drug-likeness (QED) is 0.478. The van der Waals surface area contributed by atoms with E-state index in [2.05, 4.69) is 15.4 Å². The first-order valence-electron chi connectivity index (χ1n) is 6.42. The molecule has 0 radical (unpaired) electrons. The Labute approximate surface area is 129 Å². The molecule has 0 saturated carbocycles. The number of nitrogens with zero attached hydrogens (tertiary/aromatic N) is 3. The maximum Gasteiger partial charge on any atom is 0.329 e. The fraction of sp³-hybridized carbons (Fsp3) is 0.154. The number of hydrazine groups is 1. The summed E-state index contributed by atoms with van der Waals surface area (Å²) in [7, 11) is 1.52. The molecule has 0 saturated heterocycles. The van der Waals surface area contributed by atoms with E-state index in [1.165, 1.54) is 11.6 Å². The number of rotatable bonds is 3. The third-order valence-electron chi connectivity index (χ3n) is 3.42. The zero-order chi connectivity index (χ0) is 15.9. The highest BCUT2D eigenvalue weighted by Crippen LogP contribution is 2.21. The topological polar surface area (TPSA) is 111 Å². The van der Waals surface area contributed by atoms with Gasteiger partial charge in [-0.2, -0.15) is 4.98 Å². The number of anilines is 1. The van der Waals surface area contributed by atoms with E-state index in [0.717, 1.165) is 5.56 Å². The van der Waals surface area contributed by atoms with Gasteiger partial charge in [-0.05, 0) is 11.6 Å².